The lowest BCUT2D eigenvalue weighted by atomic mass is 10.1. The van der Waals surface area contributed by atoms with Crippen LogP contribution in [0.15, 0.2) is 33.3 Å². The summed E-state index contributed by atoms with van der Waals surface area (Å²) in [6.07, 6.45) is -3.35. The number of sulfonamides is 1. The molecule has 1 aliphatic heterocycles. The van der Waals surface area contributed by atoms with Gasteiger partial charge in [-0.05, 0) is 27.0 Å². The molecule has 2 heterocycles. The zero-order valence-electron chi connectivity index (χ0n) is 13.9. The van der Waals surface area contributed by atoms with Crippen molar-refractivity contribution in [2.24, 2.45) is 0 Å². The minimum absolute atomic E-state index is 0.352. The third-order valence-corrected chi connectivity index (χ3v) is 4.58. The lowest BCUT2D eigenvalue weighted by Crippen LogP contribution is -2.37. The third kappa shape index (κ3) is 4.63. The Labute approximate surface area is 143 Å². The summed E-state index contributed by atoms with van der Waals surface area (Å²) in [5.41, 5.74) is -1.46. The van der Waals surface area contributed by atoms with Gasteiger partial charge in [-0.15, -0.1) is 0 Å². The highest BCUT2D eigenvalue weighted by atomic mass is 32.2. The maximum absolute atomic E-state index is 14.8. The number of aromatic nitrogens is 2. The van der Waals surface area contributed by atoms with Crippen molar-refractivity contribution in [2.45, 2.75) is 44.6 Å². The van der Waals surface area contributed by atoms with E-state index in [4.69, 9.17) is 9.47 Å². The molecule has 1 aromatic heterocycles. The molecule has 0 bridgehead atoms. The zero-order chi connectivity index (χ0) is 18.8. The molecule has 4 atom stereocenters. The number of H-pyrrole nitrogens is 1. The third-order valence-electron chi connectivity index (χ3n) is 3.49. The number of nitrogens with zero attached hydrogens (tertiary/aromatic N) is 1. The SMILES string of the molecule is CNS(=O)(=O)/C=C/[C@H]1O[C@@H](n2ccc(=O)[nH]c2=O)[C@H](F)[C@@H]1OC(C)C. The summed E-state index contributed by atoms with van der Waals surface area (Å²) in [6.45, 7) is 3.38. The van der Waals surface area contributed by atoms with Gasteiger partial charge in [-0.3, -0.25) is 14.3 Å². The number of rotatable bonds is 6. The standard InChI is InChI=1S/C14H20FN3O6S/c1-8(2)23-12-9(5-7-25(21,22)16-3)24-13(11(12)15)18-6-4-10(19)17-14(18)20/h4-9,11-13,16H,1-3H3,(H,17,19,20)/b7-5+/t9-,11-,12-,13-/m1/s1. The van der Waals surface area contributed by atoms with Crippen LogP contribution in [0.1, 0.15) is 20.1 Å². The largest absolute Gasteiger partial charge is 0.369 e. The van der Waals surface area contributed by atoms with Crippen molar-refractivity contribution in [2.75, 3.05) is 7.05 Å². The number of alkyl halides is 1. The van der Waals surface area contributed by atoms with Gasteiger partial charge in [0.1, 0.15) is 12.2 Å². The van der Waals surface area contributed by atoms with Gasteiger partial charge in [-0.2, -0.15) is 0 Å². The fourth-order valence-electron chi connectivity index (χ4n) is 2.37. The monoisotopic (exact) mass is 377 g/mol. The van der Waals surface area contributed by atoms with Crippen LogP contribution in [0.2, 0.25) is 0 Å². The number of aromatic amines is 1. The lowest BCUT2D eigenvalue weighted by Gasteiger charge is -2.20. The second-order valence-corrected chi connectivity index (χ2v) is 7.45. The maximum atomic E-state index is 14.8. The molecule has 25 heavy (non-hydrogen) atoms. The van der Waals surface area contributed by atoms with E-state index in [1.807, 2.05) is 4.98 Å². The number of hydrogen-bond acceptors (Lipinski definition) is 6. The van der Waals surface area contributed by atoms with E-state index < -0.39 is 45.9 Å². The van der Waals surface area contributed by atoms with Crippen LogP contribution in [0.25, 0.3) is 0 Å². The molecule has 140 valence electrons. The van der Waals surface area contributed by atoms with E-state index in [0.717, 1.165) is 28.3 Å². The van der Waals surface area contributed by atoms with Gasteiger partial charge in [0.25, 0.3) is 5.56 Å². The second-order valence-electron chi connectivity index (χ2n) is 5.68. The van der Waals surface area contributed by atoms with Gasteiger partial charge < -0.3 is 9.47 Å². The number of halogens is 1. The summed E-state index contributed by atoms with van der Waals surface area (Å²) in [5.74, 6) is 0. The van der Waals surface area contributed by atoms with Gasteiger partial charge in [0.2, 0.25) is 10.0 Å². The van der Waals surface area contributed by atoms with E-state index in [1.165, 1.54) is 7.05 Å². The Morgan fingerprint density at radius 1 is 1.44 bits per heavy atom. The quantitative estimate of drug-likeness (QED) is 0.698. The van der Waals surface area contributed by atoms with Gasteiger partial charge in [0, 0.05) is 17.7 Å². The normalized spacial score (nSPS) is 27.4. The van der Waals surface area contributed by atoms with Crippen LogP contribution in [-0.2, 0) is 19.5 Å². The van der Waals surface area contributed by atoms with Crippen LogP contribution in [0.3, 0.4) is 0 Å². The molecule has 0 saturated carbocycles. The first-order valence-corrected chi connectivity index (χ1v) is 9.07. The molecule has 0 aromatic carbocycles. The Kier molecular flexibility index (Phi) is 5.93. The van der Waals surface area contributed by atoms with Crippen molar-refractivity contribution >= 4 is 10.0 Å². The van der Waals surface area contributed by atoms with Crippen molar-refractivity contribution < 1.29 is 22.3 Å². The van der Waals surface area contributed by atoms with Crippen LogP contribution in [-0.4, -0.2) is 49.5 Å². The highest BCUT2D eigenvalue weighted by Crippen LogP contribution is 2.34. The summed E-state index contributed by atoms with van der Waals surface area (Å²) in [7, 11) is -2.44. The van der Waals surface area contributed by atoms with Gasteiger partial charge in [0.05, 0.1) is 6.10 Å². The van der Waals surface area contributed by atoms with Gasteiger partial charge in [-0.25, -0.2) is 22.3 Å². The van der Waals surface area contributed by atoms with Crippen molar-refractivity contribution in [1.82, 2.24) is 14.3 Å². The molecule has 1 fully saturated rings. The number of nitrogens with one attached hydrogen (secondary N) is 2. The molecule has 0 aliphatic carbocycles. The smallest absolute Gasteiger partial charge is 0.330 e. The molecule has 1 aromatic rings. The molecule has 0 amide bonds. The zero-order valence-corrected chi connectivity index (χ0v) is 14.7. The minimum atomic E-state index is -3.68. The lowest BCUT2D eigenvalue weighted by molar-refractivity contribution is -0.0395. The Bertz CT molecular complexity index is 847. The average Bonchev–Trinajstić information content (AvgIpc) is 2.82. The van der Waals surface area contributed by atoms with Crippen LogP contribution in [0, 0.1) is 0 Å². The molecule has 1 saturated heterocycles. The summed E-state index contributed by atoms with van der Waals surface area (Å²) >= 11 is 0. The molecular weight excluding hydrogens is 357 g/mol. The molecule has 11 heteroatoms. The number of hydrogen-bond donors (Lipinski definition) is 2. The molecule has 1 aliphatic rings. The van der Waals surface area contributed by atoms with Gasteiger partial charge in [0.15, 0.2) is 12.4 Å². The van der Waals surface area contributed by atoms with Crippen molar-refractivity contribution in [3.63, 3.8) is 0 Å². The topological polar surface area (TPSA) is 119 Å². The van der Waals surface area contributed by atoms with Crippen molar-refractivity contribution in [3.05, 3.63) is 44.6 Å². The Balaban J connectivity index is 2.36. The molecule has 0 radical (unpaired) electrons. The van der Waals surface area contributed by atoms with Crippen LogP contribution >= 0.6 is 0 Å². The van der Waals surface area contributed by atoms with Crippen molar-refractivity contribution in [1.29, 1.82) is 0 Å². The van der Waals surface area contributed by atoms with E-state index in [2.05, 4.69) is 4.72 Å². The van der Waals surface area contributed by atoms with Crippen molar-refractivity contribution in [3.8, 4) is 0 Å². The molecule has 9 nitrogen and oxygen atoms in total. The van der Waals surface area contributed by atoms with Gasteiger partial charge in [-0.1, -0.05) is 0 Å². The fraction of sp³-hybridized carbons (Fsp3) is 0.571. The summed E-state index contributed by atoms with van der Waals surface area (Å²) in [5, 5.41) is 0.846. The Morgan fingerprint density at radius 3 is 2.68 bits per heavy atom. The fourth-order valence-corrected chi connectivity index (χ4v) is 2.87. The highest BCUT2D eigenvalue weighted by Gasteiger charge is 2.46. The van der Waals surface area contributed by atoms with E-state index in [-0.39, 0.29) is 6.10 Å². The van der Waals surface area contributed by atoms with E-state index in [9.17, 15) is 22.4 Å². The first-order chi connectivity index (χ1) is 11.6. The molecule has 2 rings (SSSR count). The molecular formula is C14H20FN3O6S. The van der Waals surface area contributed by atoms with E-state index in [1.54, 1.807) is 13.8 Å². The predicted octanol–water partition coefficient (Wildman–Crippen LogP) is -0.371. The van der Waals surface area contributed by atoms with Crippen LogP contribution in [0.4, 0.5) is 4.39 Å². The Morgan fingerprint density at radius 2 is 2.12 bits per heavy atom. The summed E-state index contributed by atoms with van der Waals surface area (Å²) < 4.78 is 51.9. The van der Waals surface area contributed by atoms with Crippen LogP contribution in [0.5, 0.6) is 0 Å². The van der Waals surface area contributed by atoms with E-state index in [0.29, 0.717) is 0 Å². The average molecular weight is 377 g/mol. The second kappa shape index (κ2) is 7.60. The molecule has 0 spiro atoms. The molecule has 2 N–H and O–H groups in total. The highest BCUT2D eigenvalue weighted by molar-refractivity contribution is 7.92. The summed E-state index contributed by atoms with van der Waals surface area (Å²) in [6, 6.07) is 1.06. The first-order valence-electron chi connectivity index (χ1n) is 7.53. The van der Waals surface area contributed by atoms with Crippen LogP contribution < -0.4 is 16.0 Å². The maximum Gasteiger partial charge on any atom is 0.330 e. The predicted molar refractivity (Wildman–Crippen MR) is 87.3 cm³/mol. The minimum Gasteiger partial charge on any atom is -0.369 e. The first kappa shape index (κ1) is 19.5. The number of ether oxygens (including phenoxy) is 2. The van der Waals surface area contributed by atoms with Gasteiger partial charge >= 0.3 is 5.69 Å². The van der Waals surface area contributed by atoms with E-state index >= 15 is 0 Å². The Hall–Kier alpha value is -1.82. The summed E-state index contributed by atoms with van der Waals surface area (Å²) in [4.78, 5) is 25.0. The molecule has 0 unspecified atom stereocenters.